The van der Waals surface area contributed by atoms with Gasteiger partial charge in [0.15, 0.2) is 10.9 Å². The van der Waals surface area contributed by atoms with Gasteiger partial charge < -0.3 is 10.1 Å². The van der Waals surface area contributed by atoms with Crippen LogP contribution in [0.25, 0.3) is 6.08 Å². The predicted octanol–water partition coefficient (Wildman–Crippen LogP) is 6.78. The van der Waals surface area contributed by atoms with Gasteiger partial charge in [0, 0.05) is 5.02 Å². The Morgan fingerprint density at radius 3 is 2.39 bits per heavy atom. The van der Waals surface area contributed by atoms with E-state index >= 15 is 0 Å². The minimum absolute atomic E-state index is 0.261. The summed E-state index contributed by atoms with van der Waals surface area (Å²) < 4.78 is 45.0. The third kappa shape index (κ3) is 6.07. The standard InChI is InChI=1S/C25H16ClF3N2O3S2/c26-16-7-9-17(10-8-16)31-23(33)21(36-24(31)35)13-15-5-11-18(12-6-15)34-14-22(32)30-20-4-2-1-3-19(20)25(27,28)29/h1-13H,14H2,(H,30,32)/b21-13-. The second kappa shape index (κ2) is 10.7. The molecule has 36 heavy (non-hydrogen) atoms. The first-order valence-electron chi connectivity index (χ1n) is 10.3. The number of halogens is 4. The number of para-hydroxylation sites is 1. The van der Waals surface area contributed by atoms with Crippen LogP contribution < -0.4 is 15.0 Å². The van der Waals surface area contributed by atoms with Crippen molar-refractivity contribution in [2.75, 3.05) is 16.8 Å². The molecule has 0 saturated carbocycles. The number of hydrogen-bond acceptors (Lipinski definition) is 5. The topological polar surface area (TPSA) is 58.6 Å². The first kappa shape index (κ1) is 25.7. The van der Waals surface area contributed by atoms with Gasteiger partial charge in [0.05, 0.1) is 21.8 Å². The van der Waals surface area contributed by atoms with Crippen molar-refractivity contribution in [3.63, 3.8) is 0 Å². The maximum Gasteiger partial charge on any atom is 0.418 e. The molecule has 1 aliphatic rings. The van der Waals surface area contributed by atoms with Crippen LogP contribution in [0.4, 0.5) is 24.5 Å². The number of amides is 2. The molecule has 1 heterocycles. The zero-order valence-corrected chi connectivity index (χ0v) is 20.6. The van der Waals surface area contributed by atoms with E-state index in [4.69, 9.17) is 28.6 Å². The molecule has 1 N–H and O–H groups in total. The minimum Gasteiger partial charge on any atom is -0.484 e. The lowest BCUT2D eigenvalue weighted by Crippen LogP contribution is -2.27. The molecule has 0 aliphatic carbocycles. The Morgan fingerprint density at radius 2 is 1.72 bits per heavy atom. The van der Waals surface area contributed by atoms with Crippen LogP contribution in [0.1, 0.15) is 11.1 Å². The van der Waals surface area contributed by atoms with Gasteiger partial charge in [-0.2, -0.15) is 13.2 Å². The fraction of sp³-hybridized carbons (Fsp3) is 0.0800. The molecule has 0 unspecified atom stereocenters. The lowest BCUT2D eigenvalue weighted by Gasteiger charge is -2.14. The molecule has 1 fully saturated rings. The van der Waals surface area contributed by atoms with E-state index in [1.54, 1.807) is 54.6 Å². The number of nitrogens with one attached hydrogen (secondary N) is 1. The average Bonchev–Trinajstić information content (AvgIpc) is 3.11. The molecular formula is C25H16ClF3N2O3S2. The van der Waals surface area contributed by atoms with Gasteiger partial charge in [0.1, 0.15) is 5.75 Å². The van der Waals surface area contributed by atoms with Gasteiger partial charge in [0.2, 0.25) is 0 Å². The number of carbonyl (C=O) groups is 2. The zero-order chi connectivity index (χ0) is 25.9. The van der Waals surface area contributed by atoms with E-state index in [1.165, 1.54) is 34.9 Å². The van der Waals surface area contributed by atoms with E-state index in [2.05, 4.69) is 5.32 Å². The number of anilines is 2. The monoisotopic (exact) mass is 548 g/mol. The highest BCUT2D eigenvalue weighted by molar-refractivity contribution is 8.27. The maximum absolute atomic E-state index is 13.1. The zero-order valence-electron chi connectivity index (χ0n) is 18.2. The Hall–Kier alpha value is -3.34. The number of thioether (sulfide) groups is 1. The Morgan fingerprint density at radius 1 is 1.06 bits per heavy atom. The summed E-state index contributed by atoms with van der Waals surface area (Å²) >= 11 is 12.4. The fourth-order valence-electron chi connectivity index (χ4n) is 3.27. The molecule has 3 aromatic rings. The highest BCUT2D eigenvalue weighted by Crippen LogP contribution is 2.37. The SMILES string of the molecule is O=C(COc1ccc(/C=C2\SC(=S)N(c3ccc(Cl)cc3)C2=O)cc1)Nc1ccccc1C(F)(F)F. The number of nitrogens with zero attached hydrogens (tertiary/aromatic N) is 1. The summed E-state index contributed by atoms with van der Waals surface area (Å²) in [6.45, 7) is -0.481. The van der Waals surface area contributed by atoms with Gasteiger partial charge >= 0.3 is 6.18 Å². The van der Waals surface area contributed by atoms with Crippen LogP contribution in [0.5, 0.6) is 5.75 Å². The largest absolute Gasteiger partial charge is 0.484 e. The Bertz CT molecular complexity index is 1340. The summed E-state index contributed by atoms with van der Waals surface area (Å²) in [6, 6.07) is 18.0. The highest BCUT2D eigenvalue weighted by atomic mass is 35.5. The van der Waals surface area contributed by atoms with Crippen LogP contribution in [-0.4, -0.2) is 22.7 Å². The highest BCUT2D eigenvalue weighted by Gasteiger charge is 2.34. The van der Waals surface area contributed by atoms with Crippen LogP contribution in [-0.2, 0) is 15.8 Å². The Kier molecular flexibility index (Phi) is 7.67. The molecule has 11 heteroatoms. The van der Waals surface area contributed by atoms with Crippen LogP contribution in [0.15, 0.2) is 77.7 Å². The fourth-order valence-corrected chi connectivity index (χ4v) is 4.69. The van der Waals surface area contributed by atoms with Crippen molar-refractivity contribution in [1.29, 1.82) is 0 Å². The molecule has 0 spiro atoms. The van der Waals surface area contributed by atoms with Crippen molar-refractivity contribution in [3.8, 4) is 5.75 Å². The van der Waals surface area contributed by atoms with Gasteiger partial charge in [-0.3, -0.25) is 14.5 Å². The molecule has 0 atom stereocenters. The first-order chi connectivity index (χ1) is 17.1. The molecule has 1 saturated heterocycles. The Labute approximate surface area is 218 Å². The Balaban J connectivity index is 1.37. The summed E-state index contributed by atoms with van der Waals surface area (Å²) in [7, 11) is 0. The maximum atomic E-state index is 13.1. The molecule has 0 aromatic heterocycles. The number of rotatable bonds is 6. The van der Waals surface area contributed by atoms with Gasteiger partial charge in [-0.1, -0.05) is 59.8 Å². The minimum atomic E-state index is -4.59. The first-order valence-corrected chi connectivity index (χ1v) is 11.9. The quantitative estimate of drug-likeness (QED) is 0.272. The van der Waals surface area contributed by atoms with Crippen molar-refractivity contribution in [3.05, 3.63) is 93.9 Å². The molecule has 0 bridgehead atoms. The number of ether oxygens (including phenoxy) is 1. The van der Waals surface area contributed by atoms with Crippen LogP contribution >= 0.6 is 35.6 Å². The molecule has 184 valence electrons. The van der Waals surface area contributed by atoms with Crippen LogP contribution in [0.2, 0.25) is 5.02 Å². The molecule has 3 aromatic carbocycles. The smallest absolute Gasteiger partial charge is 0.418 e. The third-order valence-corrected chi connectivity index (χ3v) is 6.49. The number of thiocarbonyl (C=S) groups is 1. The van der Waals surface area contributed by atoms with Crippen molar-refractivity contribution in [2.45, 2.75) is 6.18 Å². The van der Waals surface area contributed by atoms with E-state index in [0.29, 0.717) is 31.2 Å². The number of hydrogen-bond donors (Lipinski definition) is 1. The number of alkyl halides is 3. The molecule has 5 nitrogen and oxygen atoms in total. The summed E-state index contributed by atoms with van der Waals surface area (Å²) in [5.74, 6) is -0.662. The van der Waals surface area contributed by atoms with E-state index in [-0.39, 0.29) is 11.6 Å². The van der Waals surface area contributed by atoms with Gasteiger partial charge in [-0.25, -0.2) is 0 Å². The van der Waals surface area contributed by atoms with Crippen molar-refractivity contribution < 1.29 is 27.5 Å². The van der Waals surface area contributed by atoms with E-state index in [0.717, 1.165) is 6.07 Å². The van der Waals surface area contributed by atoms with Crippen molar-refractivity contribution in [2.24, 2.45) is 0 Å². The second-order valence-electron chi connectivity index (χ2n) is 7.44. The summed E-state index contributed by atoms with van der Waals surface area (Å²) in [4.78, 5) is 26.8. The van der Waals surface area contributed by atoms with E-state index in [1.807, 2.05) is 0 Å². The predicted molar refractivity (Wildman–Crippen MR) is 139 cm³/mol. The van der Waals surface area contributed by atoms with Crippen LogP contribution in [0.3, 0.4) is 0 Å². The van der Waals surface area contributed by atoms with Gasteiger partial charge in [0.25, 0.3) is 11.8 Å². The third-order valence-electron chi connectivity index (χ3n) is 4.93. The molecule has 2 amide bonds. The molecular weight excluding hydrogens is 533 g/mol. The lowest BCUT2D eigenvalue weighted by molar-refractivity contribution is -0.137. The molecule has 4 rings (SSSR count). The number of benzene rings is 3. The summed E-state index contributed by atoms with van der Waals surface area (Å²) in [6.07, 6.45) is -2.91. The molecule has 1 aliphatic heterocycles. The van der Waals surface area contributed by atoms with E-state index in [9.17, 15) is 22.8 Å². The lowest BCUT2D eigenvalue weighted by atomic mass is 10.1. The van der Waals surface area contributed by atoms with Crippen molar-refractivity contribution >= 4 is 69.2 Å². The van der Waals surface area contributed by atoms with Gasteiger partial charge in [-0.05, 0) is 60.2 Å². The van der Waals surface area contributed by atoms with E-state index < -0.39 is 24.3 Å². The van der Waals surface area contributed by atoms with Crippen molar-refractivity contribution in [1.82, 2.24) is 0 Å². The number of carbonyl (C=O) groups excluding carboxylic acids is 2. The van der Waals surface area contributed by atoms with Gasteiger partial charge in [-0.15, -0.1) is 0 Å². The second-order valence-corrected chi connectivity index (χ2v) is 9.55. The average molecular weight is 549 g/mol. The van der Waals surface area contributed by atoms with Crippen LogP contribution in [0, 0.1) is 0 Å². The normalized spacial score (nSPS) is 14.9. The summed E-state index contributed by atoms with van der Waals surface area (Å²) in [5, 5.41) is 2.77. The molecule has 0 radical (unpaired) electrons. The summed E-state index contributed by atoms with van der Waals surface area (Å²) in [5.41, 5.74) is 0.0294.